The lowest BCUT2D eigenvalue weighted by Gasteiger charge is -2.25. The lowest BCUT2D eigenvalue weighted by atomic mass is 10.0. The first kappa shape index (κ1) is 91.6. The number of esters is 2. The number of ether oxygens (including phenoxy) is 4. The zero-order valence-corrected chi connectivity index (χ0v) is 62.9. The number of unbranched alkanes of at least 4 members (excludes halogenated alkanes) is 28. The van der Waals surface area contributed by atoms with Crippen LogP contribution in [-0.4, -0.2) is 87.4 Å². The van der Waals surface area contributed by atoms with Crippen LogP contribution in [0.2, 0.25) is 0 Å². The molecule has 0 aromatic rings. The standard InChI is InChI=1S/C88H145NO8/c1-6-8-10-12-14-16-18-20-22-24-26-28-30-32-34-36-38-40-42-43-45-46-48-50-52-54-56-58-60-62-64-66-68-70-72-74-76-78-85(90)95-82-84(83-96-88(87(92)93)94-81-80-89(3,4)5)97-86(91)79-77-75-73-71-69-67-65-63-61-59-57-55-53-51-49-47-44-41-39-37-35-33-31-29-27-25-23-21-19-17-15-13-11-9-7-2/h8-11,14-17,20-23,26-29,33,35,39,41,47,49,53,55,59,61,65,67,84,88H,6-7,12-13,18-19,24-25,30-32,34,36-38,40,42-46,48,50-52,54,56-58,60,62-64,66,68-83H2,1-5H3/p+1/b10-8-,11-9-,16-14-,17-15-,22-20-,23-21-,28-26-,29-27-,35-33-,41-39-,49-47-,55-53-,61-59-,67-65-. The highest BCUT2D eigenvalue weighted by molar-refractivity contribution is 5.71. The Hall–Kier alpha value is -5.35. The zero-order chi connectivity index (χ0) is 70.4. The number of nitrogens with zero attached hydrogens (tertiary/aromatic N) is 1. The second-order valence-corrected chi connectivity index (χ2v) is 26.9. The molecule has 9 nitrogen and oxygen atoms in total. The van der Waals surface area contributed by atoms with Gasteiger partial charge in [0.05, 0.1) is 34.4 Å². The predicted octanol–water partition coefficient (Wildman–Crippen LogP) is 25.4. The van der Waals surface area contributed by atoms with Crippen LogP contribution in [-0.2, 0) is 33.3 Å². The number of likely N-dealkylation sites (N-methyl/N-ethyl adjacent to an activating group) is 1. The van der Waals surface area contributed by atoms with Gasteiger partial charge in [-0.25, -0.2) is 4.79 Å². The molecule has 0 aromatic carbocycles. The molecule has 0 radical (unpaired) electrons. The van der Waals surface area contributed by atoms with Gasteiger partial charge in [0, 0.05) is 12.8 Å². The Morgan fingerprint density at radius 2 is 0.557 bits per heavy atom. The summed E-state index contributed by atoms with van der Waals surface area (Å²) in [6.45, 7) is 4.63. The van der Waals surface area contributed by atoms with E-state index in [0.717, 1.165) is 135 Å². The maximum Gasteiger partial charge on any atom is 0.361 e. The maximum atomic E-state index is 13.0. The molecule has 0 saturated heterocycles. The molecule has 0 aromatic heterocycles. The minimum atomic E-state index is -1.53. The SMILES string of the molecule is CC/C=C\C/C=C\C/C=C\C/C=C\C/C=C\C/C=C\C/C=C\C/C=C\C/C=C\C/C=C\CCCCCCC(=O)OC(COC(=O)CCCCCCCCCCCCCCCCCCCCCCCCCC/C=C\C/C=C\C/C=C\C/C=C\CC)COC(OCC[N+](C)(C)C)C(=O)O. The van der Waals surface area contributed by atoms with Gasteiger partial charge in [0.15, 0.2) is 6.10 Å². The van der Waals surface area contributed by atoms with Crippen LogP contribution in [0.25, 0.3) is 0 Å². The van der Waals surface area contributed by atoms with Gasteiger partial charge in [0.2, 0.25) is 0 Å². The number of carbonyl (C=O) groups is 3. The van der Waals surface area contributed by atoms with Crippen LogP contribution in [0.15, 0.2) is 170 Å². The Labute approximate surface area is 597 Å². The molecule has 550 valence electrons. The van der Waals surface area contributed by atoms with Crippen molar-refractivity contribution in [3.05, 3.63) is 170 Å². The number of quaternary nitrogens is 1. The summed E-state index contributed by atoms with van der Waals surface area (Å²) in [5, 5.41) is 9.77. The number of carboxylic acids is 1. The van der Waals surface area contributed by atoms with E-state index in [-0.39, 0.29) is 32.2 Å². The summed E-state index contributed by atoms with van der Waals surface area (Å²) in [4.78, 5) is 37.7. The fourth-order valence-electron chi connectivity index (χ4n) is 10.6. The second-order valence-electron chi connectivity index (χ2n) is 26.9. The van der Waals surface area contributed by atoms with Crippen LogP contribution in [0.1, 0.15) is 309 Å². The van der Waals surface area contributed by atoms with Crippen molar-refractivity contribution in [1.82, 2.24) is 0 Å². The third-order valence-corrected chi connectivity index (χ3v) is 16.5. The average molecular weight is 1350 g/mol. The zero-order valence-electron chi connectivity index (χ0n) is 62.9. The summed E-state index contributed by atoms with van der Waals surface area (Å²) in [7, 11) is 5.97. The smallest absolute Gasteiger partial charge is 0.361 e. The molecular formula is C88H146NO8+. The van der Waals surface area contributed by atoms with Gasteiger partial charge in [-0.1, -0.05) is 338 Å². The van der Waals surface area contributed by atoms with E-state index < -0.39 is 24.3 Å². The van der Waals surface area contributed by atoms with Crippen LogP contribution in [0.3, 0.4) is 0 Å². The first-order chi connectivity index (χ1) is 47.6. The topological polar surface area (TPSA) is 108 Å². The average Bonchev–Trinajstić information content (AvgIpc) is 3.74. The quantitative estimate of drug-likeness (QED) is 0.0211. The Balaban J connectivity index is 4.12. The molecular weight excluding hydrogens is 1200 g/mol. The van der Waals surface area contributed by atoms with E-state index in [1.807, 2.05) is 21.1 Å². The lowest BCUT2D eigenvalue weighted by molar-refractivity contribution is -0.870. The van der Waals surface area contributed by atoms with Crippen LogP contribution in [0, 0.1) is 0 Å². The van der Waals surface area contributed by atoms with E-state index in [1.54, 1.807) is 0 Å². The molecule has 0 aliphatic rings. The second kappa shape index (κ2) is 76.4. The Kier molecular flexibility index (Phi) is 72.2. The molecule has 0 bridgehead atoms. The predicted molar refractivity (Wildman–Crippen MR) is 419 cm³/mol. The molecule has 0 aliphatic heterocycles. The van der Waals surface area contributed by atoms with Gasteiger partial charge in [-0.05, 0) is 128 Å². The lowest BCUT2D eigenvalue weighted by Crippen LogP contribution is -2.40. The van der Waals surface area contributed by atoms with E-state index in [1.165, 1.54) is 141 Å². The van der Waals surface area contributed by atoms with Crippen LogP contribution >= 0.6 is 0 Å². The molecule has 0 rings (SSSR count). The van der Waals surface area contributed by atoms with Gasteiger partial charge in [-0.3, -0.25) is 9.59 Å². The summed E-state index contributed by atoms with van der Waals surface area (Å²) in [5.41, 5.74) is 0. The largest absolute Gasteiger partial charge is 0.477 e. The van der Waals surface area contributed by atoms with Crippen molar-refractivity contribution < 1.29 is 42.9 Å². The highest BCUT2D eigenvalue weighted by atomic mass is 16.7. The van der Waals surface area contributed by atoms with Gasteiger partial charge in [0.25, 0.3) is 6.29 Å². The fraction of sp³-hybridized carbons (Fsp3) is 0.648. The fourth-order valence-corrected chi connectivity index (χ4v) is 10.6. The van der Waals surface area contributed by atoms with Crippen molar-refractivity contribution in [2.24, 2.45) is 0 Å². The number of aliphatic carboxylic acids is 1. The third-order valence-electron chi connectivity index (χ3n) is 16.5. The monoisotopic (exact) mass is 1350 g/mol. The molecule has 97 heavy (non-hydrogen) atoms. The molecule has 2 unspecified atom stereocenters. The van der Waals surface area contributed by atoms with Gasteiger partial charge < -0.3 is 28.5 Å². The summed E-state index contributed by atoms with van der Waals surface area (Å²) in [5.74, 6) is -2.04. The minimum absolute atomic E-state index is 0.175. The molecule has 2 atom stereocenters. The molecule has 0 aliphatic carbocycles. The van der Waals surface area contributed by atoms with E-state index in [4.69, 9.17) is 18.9 Å². The van der Waals surface area contributed by atoms with Crippen molar-refractivity contribution in [2.75, 3.05) is 47.5 Å². The van der Waals surface area contributed by atoms with Gasteiger partial charge in [-0.2, -0.15) is 0 Å². The maximum absolute atomic E-state index is 13.0. The van der Waals surface area contributed by atoms with Crippen LogP contribution in [0.5, 0.6) is 0 Å². The van der Waals surface area contributed by atoms with Gasteiger partial charge in [0.1, 0.15) is 13.2 Å². The minimum Gasteiger partial charge on any atom is -0.477 e. The summed E-state index contributed by atoms with van der Waals surface area (Å²) >= 11 is 0. The number of hydrogen-bond donors (Lipinski definition) is 1. The molecule has 0 amide bonds. The Bertz CT molecular complexity index is 2210. The highest BCUT2D eigenvalue weighted by Gasteiger charge is 2.25. The molecule has 1 N–H and O–H groups in total. The van der Waals surface area contributed by atoms with Gasteiger partial charge >= 0.3 is 17.9 Å². The summed E-state index contributed by atoms with van der Waals surface area (Å²) in [6.07, 6.45) is 112. The van der Waals surface area contributed by atoms with E-state index in [0.29, 0.717) is 23.9 Å². The van der Waals surface area contributed by atoms with E-state index in [2.05, 4.69) is 184 Å². The van der Waals surface area contributed by atoms with Crippen LogP contribution in [0.4, 0.5) is 0 Å². The normalized spacial score (nSPS) is 13.6. The number of carbonyl (C=O) groups excluding carboxylic acids is 2. The van der Waals surface area contributed by atoms with Crippen molar-refractivity contribution >= 4 is 17.9 Å². The first-order valence-corrected chi connectivity index (χ1v) is 39.3. The number of hydrogen-bond acceptors (Lipinski definition) is 7. The Morgan fingerprint density at radius 1 is 0.309 bits per heavy atom. The molecule has 0 spiro atoms. The third kappa shape index (κ3) is 77.9. The number of allylic oxidation sites excluding steroid dienone is 28. The van der Waals surface area contributed by atoms with Crippen molar-refractivity contribution in [2.45, 2.75) is 322 Å². The molecule has 0 heterocycles. The number of carboxylic acid groups (broad SMARTS) is 1. The number of rotatable bonds is 71. The van der Waals surface area contributed by atoms with E-state index in [9.17, 15) is 19.5 Å². The van der Waals surface area contributed by atoms with Crippen molar-refractivity contribution in [3.63, 3.8) is 0 Å². The van der Waals surface area contributed by atoms with Gasteiger partial charge in [-0.15, -0.1) is 0 Å². The van der Waals surface area contributed by atoms with E-state index >= 15 is 0 Å². The van der Waals surface area contributed by atoms with Crippen LogP contribution < -0.4 is 0 Å². The molecule has 0 saturated carbocycles. The first-order valence-electron chi connectivity index (χ1n) is 39.3. The Morgan fingerprint density at radius 3 is 0.825 bits per heavy atom. The highest BCUT2D eigenvalue weighted by Crippen LogP contribution is 2.18. The molecule has 9 heteroatoms. The van der Waals surface area contributed by atoms with Crippen molar-refractivity contribution in [3.8, 4) is 0 Å². The van der Waals surface area contributed by atoms with Crippen molar-refractivity contribution in [1.29, 1.82) is 0 Å². The molecule has 0 fully saturated rings. The summed E-state index contributed by atoms with van der Waals surface area (Å²) < 4.78 is 23.0. The summed E-state index contributed by atoms with van der Waals surface area (Å²) in [6, 6.07) is 0.